The number of pyridine rings is 1. The lowest BCUT2D eigenvalue weighted by atomic mass is 10.1. The largest absolute Gasteiger partial charge is 0.387 e. The third-order valence-corrected chi connectivity index (χ3v) is 3.41. The van der Waals surface area contributed by atoms with Crippen LogP contribution in [0.3, 0.4) is 0 Å². The fourth-order valence-electron chi connectivity index (χ4n) is 2.13. The molecule has 19 heavy (non-hydrogen) atoms. The summed E-state index contributed by atoms with van der Waals surface area (Å²) < 4.78 is 0. The van der Waals surface area contributed by atoms with E-state index in [-0.39, 0.29) is 0 Å². The van der Waals surface area contributed by atoms with E-state index < -0.39 is 6.10 Å². The summed E-state index contributed by atoms with van der Waals surface area (Å²) in [4.78, 5) is 4.51. The van der Waals surface area contributed by atoms with Gasteiger partial charge in [0.1, 0.15) is 0 Å². The molecule has 96 valence electrons. The Balaban J connectivity index is 1.77. The van der Waals surface area contributed by atoms with Crippen molar-refractivity contribution in [1.29, 1.82) is 0 Å². The molecule has 1 heterocycles. The first-order chi connectivity index (χ1) is 9.33. The van der Waals surface area contributed by atoms with Crippen molar-refractivity contribution in [3.05, 3.63) is 65.5 Å². The van der Waals surface area contributed by atoms with Crippen LogP contribution in [0.4, 0.5) is 0 Å². The molecule has 0 saturated heterocycles. The SMILES string of the molecule is OC(c1cccc(/C=C/c2ccccc2)n1)C1CC1. The fourth-order valence-corrected chi connectivity index (χ4v) is 2.13. The van der Waals surface area contributed by atoms with Crippen LogP contribution in [0.25, 0.3) is 12.2 Å². The Hall–Kier alpha value is -1.93. The molecule has 2 heteroatoms. The molecule has 1 aliphatic rings. The monoisotopic (exact) mass is 251 g/mol. The predicted molar refractivity (Wildman–Crippen MR) is 77.3 cm³/mol. The molecule has 2 aromatic rings. The van der Waals surface area contributed by atoms with E-state index in [1.54, 1.807) is 0 Å². The average Bonchev–Trinajstić information content (AvgIpc) is 3.30. The first-order valence-electron chi connectivity index (χ1n) is 6.71. The molecule has 1 aromatic heterocycles. The minimum absolute atomic E-state index is 0.398. The molecule has 1 N–H and O–H groups in total. The van der Waals surface area contributed by atoms with Gasteiger partial charge in [-0.25, -0.2) is 0 Å². The zero-order chi connectivity index (χ0) is 13.1. The lowest BCUT2D eigenvalue weighted by molar-refractivity contribution is 0.149. The second-order valence-corrected chi connectivity index (χ2v) is 5.01. The maximum absolute atomic E-state index is 10.1. The lowest BCUT2D eigenvalue weighted by Gasteiger charge is -2.08. The third kappa shape index (κ3) is 3.09. The van der Waals surface area contributed by atoms with Crippen LogP contribution in [0.15, 0.2) is 48.5 Å². The average molecular weight is 251 g/mol. The summed E-state index contributed by atoms with van der Waals surface area (Å²) >= 11 is 0. The highest BCUT2D eigenvalue weighted by Crippen LogP contribution is 2.40. The summed E-state index contributed by atoms with van der Waals surface area (Å²) in [5, 5.41) is 10.1. The third-order valence-electron chi connectivity index (χ3n) is 3.41. The highest BCUT2D eigenvalue weighted by atomic mass is 16.3. The van der Waals surface area contributed by atoms with Gasteiger partial charge in [0, 0.05) is 0 Å². The van der Waals surface area contributed by atoms with Gasteiger partial charge in [0.2, 0.25) is 0 Å². The fraction of sp³-hybridized carbons (Fsp3) is 0.235. The molecule has 3 rings (SSSR count). The van der Waals surface area contributed by atoms with Gasteiger partial charge in [0.15, 0.2) is 0 Å². The van der Waals surface area contributed by atoms with Crippen molar-refractivity contribution in [2.45, 2.75) is 18.9 Å². The van der Waals surface area contributed by atoms with Crippen LogP contribution in [-0.2, 0) is 0 Å². The van der Waals surface area contributed by atoms with Crippen LogP contribution in [-0.4, -0.2) is 10.1 Å². The number of hydrogen-bond donors (Lipinski definition) is 1. The Morgan fingerprint density at radius 2 is 1.79 bits per heavy atom. The van der Waals surface area contributed by atoms with Crippen LogP contribution in [0.2, 0.25) is 0 Å². The second kappa shape index (κ2) is 5.37. The number of nitrogens with zero attached hydrogens (tertiary/aromatic N) is 1. The summed E-state index contributed by atoms with van der Waals surface area (Å²) in [7, 11) is 0. The maximum atomic E-state index is 10.1. The van der Waals surface area contributed by atoms with Gasteiger partial charge in [-0.15, -0.1) is 0 Å². The Bertz CT molecular complexity index is 573. The first kappa shape index (κ1) is 12.1. The molecule has 0 bridgehead atoms. The summed E-state index contributed by atoms with van der Waals surface area (Å²) in [5.41, 5.74) is 2.83. The molecule has 2 nitrogen and oxygen atoms in total. The van der Waals surface area contributed by atoms with Crippen LogP contribution in [0.5, 0.6) is 0 Å². The maximum Gasteiger partial charge on any atom is 0.0988 e. The number of aliphatic hydroxyl groups excluding tert-OH is 1. The summed E-state index contributed by atoms with van der Waals surface area (Å²) in [6.45, 7) is 0. The highest BCUT2D eigenvalue weighted by Gasteiger charge is 2.31. The molecule has 1 saturated carbocycles. The van der Waals surface area contributed by atoms with Crippen LogP contribution < -0.4 is 0 Å². The van der Waals surface area contributed by atoms with Gasteiger partial charge in [-0.1, -0.05) is 42.5 Å². The van der Waals surface area contributed by atoms with Crippen LogP contribution in [0, 0.1) is 5.92 Å². The molecule has 1 aromatic carbocycles. The van der Waals surface area contributed by atoms with Crippen molar-refractivity contribution in [1.82, 2.24) is 4.98 Å². The van der Waals surface area contributed by atoms with Crippen molar-refractivity contribution >= 4 is 12.2 Å². The van der Waals surface area contributed by atoms with Crippen molar-refractivity contribution in [3.8, 4) is 0 Å². The minimum Gasteiger partial charge on any atom is -0.387 e. The minimum atomic E-state index is -0.398. The van der Waals surface area contributed by atoms with Gasteiger partial charge in [0.05, 0.1) is 17.5 Å². The second-order valence-electron chi connectivity index (χ2n) is 5.01. The van der Waals surface area contributed by atoms with E-state index in [1.165, 1.54) is 0 Å². The number of hydrogen-bond acceptors (Lipinski definition) is 2. The zero-order valence-corrected chi connectivity index (χ0v) is 10.7. The van der Waals surface area contributed by atoms with E-state index in [0.29, 0.717) is 5.92 Å². The zero-order valence-electron chi connectivity index (χ0n) is 10.7. The van der Waals surface area contributed by atoms with Crippen molar-refractivity contribution in [2.75, 3.05) is 0 Å². The van der Waals surface area contributed by atoms with E-state index in [4.69, 9.17) is 0 Å². The normalized spacial score (nSPS) is 16.7. The van der Waals surface area contributed by atoms with E-state index in [9.17, 15) is 5.11 Å². The standard InChI is InChI=1S/C17H17NO/c19-17(14-10-11-14)16-8-4-7-15(18-16)12-9-13-5-2-1-3-6-13/h1-9,12,14,17,19H,10-11H2/b12-9+. The summed E-state index contributed by atoms with van der Waals surface area (Å²) in [6, 6.07) is 16.0. The molecule has 0 radical (unpaired) electrons. The van der Waals surface area contributed by atoms with E-state index in [0.717, 1.165) is 29.8 Å². The lowest BCUT2D eigenvalue weighted by Crippen LogP contribution is -2.02. The highest BCUT2D eigenvalue weighted by molar-refractivity contribution is 5.67. The van der Waals surface area contributed by atoms with Crippen molar-refractivity contribution < 1.29 is 5.11 Å². The van der Waals surface area contributed by atoms with Crippen molar-refractivity contribution in [3.63, 3.8) is 0 Å². The smallest absolute Gasteiger partial charge is 0.0988 e. The number of aliphatic hydroxyl groups is 1. The molecule has 0 amide bonds. The molecule has 1 fully saturated rings. The van der Waals surface area contributed by atoms with Gasteiger partial charge in [-0.3, -0.25) is 4.98 Å². The van der Waals surface area contributed by atoms with Gasteiger partial charge in [-0.2, -0.15) is 0 Å². The molecule has 0 spiro atoms. The molecule has 1 unspecified atom stereocenters. The molecule has 1 atom stereocenters. The first-order valence-corrected chi connectivity index (χ1v) is 6.71. The van der Waals surface area contributed by atoms with Crippen LogP contribution in [0.1, 0.15) is 35.9 Å². The molecular formula is C17H17NO. The van der Waals surface area contributed by atoms with Gasteiger partial charge in [-0.05, 0) is 42.5 Å². The Morgan fingerprint density at radius 3 is 2.53 bits per heavy atom. The van der Waals surface area contributed by atoms with Gasteiger partial charge < -0.3 is 5.11 Å². The number of rotatable bonds is 4. The topological polar surface area (TPSA) is 33.1 Å². The van der Waals surface area contributed by atoms with E-state index in [2.05, 4.69) is 17.1 Å². The molecule has 0 aliphatic heterocycles. The number of aromatic nitrogens is 1. The van der Waals surface area contributed by atoms with Crippen LogP contribution >= 0.6 is 0 Å². The summed E-state index contributed by atoms with van der Waals surface area (Å²) in [6.07, 6.45) is 5.86. The Kier molecular flexibility index (Phi) is 3.43. The van der Waals surface area contributed by atoms with E-state index >= 15 is 0 Å². The van der Waals surface area contributed by atoms with Gasteiger partial charge >= 0.3 is 0 Å². The molecule has 1 aliphatic carbocycles. The van der Waals surface area contributed by atoms with Crippen molar-refractivity contribution in [2.24, 2.45) is 5.92 Å². The number of benzene rings is 1. The van der Waals surface area contributed by atoms with Gasteiger partial charge in [0.25, 0.3) is 0 Å². The molecular weight excluding hydrogens is 234 g/mol. The Labute approximate surface area is 113 Å². The summed E-state index contributed by atoms with van der Waals surface area (Å²) in [5.74, 6) is 0.417. The Morgan fingerprint density at radius 1 is 1.00 bits per heavy atom. The predicted octanol–water partition coefficient (Wildman–Crippen LogP) is 3.70. The quantitative estimate of drug-likeness (QED) is 0.898. The van der Waals surface area contributed by atoms with E-state index in [1.807, 2.05) is 48.6 Å².